The van der Waals surface area contributed by atoms with Crippen LogP contribution in [0.5, 0.6) is 0 Å². The van der Waals surface area contributed by atoms with Crippen LogP contribution in [0.2, 0.25) is 0 Å². The molecule has 0 aromatic heterocycles. The minimum atomic E-state index is -0.449. The molecule has 1 amide bonds. The molecule has 0 atom stereocenters. The van der Waals surface area contributed by atoms with E-state index in [1.165, 1.54) is 0 Å². The number of aliphatic hydroxyl groups is 1. The summed E-state index contributed by atoms with van der Waals surface area (Å²) in [5, 5.41) is 13.1. The van der Waals surface area contributed by atoms with Crippen LogP contribution < -0.4 is 5.32 Å². The normalized spacial score (nSPS) is 35.6. The molecular weight excluding hydrogens is 218 g/mol. The molecule has 3 aliphatic carbocycles. The van der Waals surface area contributed by atoms with Crippen LogP contribution in [-0.2, 0) is 4.74 Å². The second-order valence-electron chi connectivity index (χ2n) is 5.62. The molecule has 0 heterocycles. The molecule has 0 saturated heterocycles. The van der Waals surface area contributed by atoms with Crippen molar-refractivity contribution in [3.8, 4) is 0 Å². The molecular formula is C13H23NO3. The molecule has 0 aromatic rings. The van der Waals surface area contributed by atoms with Gasteiger partial charge in [-0.25, -0.2) is 4.79 Å². The molecule has 2 N–H and O–H groups in total. The van der Waals surface area contributed by atoms with Gasteiger partial charge in [0.15, 0.2) is 0 Å². The zero-order valence-corrected chi connectivity index (χ0v) is 10.6. The van der Waals surface area contributed by atoms with Gasteiger partial charge in [0.1, 0.15) is 0 Å². The summed E-state index contributed by atoms with van der Waals surface area (Å²) in [6, 6.07) is 0. The Morgan fingerprint density at radius 2 is 1.82 bits per heavy atom. The first kappa shape index (κ1) is 12.7. The number of carbonyl (C=O) groups excluding carboxylic acids is 1. The Morgan fingerprint density at radius 1 is 1.24 bits per heavy atom. The van der Waals surface area contributed by atoms with Gasteiger partial charge in [-0.15, -0.1) is 0 Å². The van der Waals surface area contributed by atoms with E-state index in [2.05, 4.69) is 12.2 Å². The minimum absolute atomic E-state index is 0.103. The summed E-state index contributed by atoms with van der Waals surface area (Å²) in [5.74, 6) is 0. The SMILES string of the molecule is CCCCOC(=O)NC12CCC(O)(CC1)CC2. The molecule has 0 aromatic carbocycles. The van der Waals surface area contributed by atoms with Crippen molar-refractivity contribution < 1.29 is 14.6 Å². The fourth-order valence-electron chi connectivity index (χ4n) is 2.92. The number of fused-ring (bicyclic) bond motifs is 3. The quantitative estimate of drug-likeness (QED) is 0.743. The van der Waals surface area contributed by atoms with Gasteiger partial charge in [-0.05, 0) is 44.9 Å². The van der Waals surface area contributed by atoms with Crippen LogP contribution >= 0.6 is 0 Å². The van der Waals surface area contributed by atoms with Gasteiger partial charge in [0, 0.05) is 5.54 Å². The fraction of sp³-hybridized carbons (Fsp3) is 0.923. The van der Waals surface area contributed by atoms with Crippen molar-refractivity contribution >= 4 is 6.09 Å². The highest BCUT2D eigenvalue weighted by Crippen LogP contribution is 2.46. The van der Waals surface area contributed by atoms with Crippen molar-refractivity contribution in [3.63, 3.8) is 0 Å². The van der Waals surface area contributed by atoms with Crippen LogP contribution in [0.25, 0.3) is 0 Å². The van der Waals surface area contributed by atoms with E-state index in [-0.39, 0.29) is 11.6 Å². The zero-order valence-electron chi connectivity index (χ0n) is 10.6. The average Bonchev–Trinajstić information content (AvgIpc) is 2.32. The lowest BCUT2D eigenvalue weighted by molar-refractivity contribution is -0.0714. The lowest BCUT2D eigenvalue weighted by Crippen LogP contribution is -2.58. The molecule has 3 rings (SSSR count). The Kier molecular flexibility index (Phi) is 3.61. The first-order valence-electron chi connectivity index (χ1n) is 6.75. The van der Waals surface area contributed by atoms with E-state index >= 15 is 0 Å². The van der Waals surface area contributed by atoms with E-state index in [9.17, 15) is 9.90 Å². The van der Waals surface area contributed by atoms with Crippen molar-refractivity contribution in [2.24, 2.45) is 0 Å². The van der Waals surface area contributed by atoms with Crippen molar-refractivity contribution in [1.82, 2.24) is 5.32 Å². The Hall–Kier alpha value is -0.770. The van der Waals surface area contributed by atoms with E-state index in [1.54, 1.807) is 0 Å². The van der Waals surface area contributed by atoms with Gasteiger partial charge in [0.05, 0.1) is 12.2 Å². The molecule has 0 spiro atoms. The minimum Gasteiger partial charge on any atom is -0.450 e. The maximum atomic E-state index is 11.7. The summed E-state index contributed by atoms with van der Waals surface area (Å²) >= 11 is 0. The standard InChI is InChI=1S/C13H23NO3/c1-2-3-10-17-11(15)14-12-4-7-13(16,8-5-12)9-6-12/h16H,2-10H2,1H3,(H,14,15). The van der Waals surface area contributed by atoms with Crippen molar-refractivity contribution in [2.45, 2.75) is 69.4 Å². The fourth-order valence-corrected chi connectivity index (χ4v) is 2.92. The number of unbranched alkanes of at least 4 members (excludes halogenated alkanes) is 1. The number of nitrogens with one attached hydrogen (secondary N) is 1. The van der Waals surface area contributed by atoms with Gasteiger partial charge in [0.25, 0.3) is 0 Å². The third kappa shape index (κ3) is 2.92. The van der Waals surface area contributed by atoms with Crippen LogP contribution in [0, 0.1) is 0 Å². The van der Waals surface area contributed by atoms with Crippen molar-refractivity contribution in [1.29, 1.82) is 0 Å². The topological polar surface area (TPSA) is 58.6 Å². The zero-order chi connectivity index (χ0) is 12.4. The van der Waals surface area contributed by atoms with Gasteiger partial charge >= 0.3 is 6.09 Å². The lowest BCUT2D eigenvalue weighted by Gasteiger charge is -2.50. The maximum absolute atomic E-state index is 11.7. The first-order chi connectivity index (χ1) is 8.08. The number of ether oxygens (including phenoxy) is 1. The van der Waals surface area contributed by atoms with Crippen LogP contribution in [0.4, 0.5) is 4.79 Å². The Balaban J connectivity index is 1.80. The second kappa shape index (κ2) is 4.84. The van der Waals surface area contributed by atoms with E-state index in [0.29, 0.717) is 6.61 Å². The third-order valence-electron chi connectivity index (χ3n) is 4.31. The molecule has 98 valence electrons. The van der Waals surface area contributed by atoms with Crippen LogP contribution in [0.3, 0.4) is 0 Å². The first-order valence-corrected chi connectivity index (χ1v) is 6.75. The molecule has 0 unspecified atom stereocenters. The van der Waals surface area contributed by atoms with Gasteiger partial charge in [-0.2, -0.15) is 0 Å². The molecule has 0 radical (unpaired) electrons. The van der Waals surface area contributed by atoms with Gasteiger partial charge in [0.2, 0.25) is 0 Å². The predicted molar refractivity (Wildman–Crippen MR) is 64.8 cm³/mol. The number of carbonyl (C=O) groups is 1. The van der Waals surface area contributed by atoms with Crippen molar-refractivity contribution in [2.75, 3.05) is 6.61 Å². The number of hydrogen-bond donors (Lipinski definition) is 2. The van der Waals surface area contributed by atoms with Crippen molar-refractivity contribution in [3.05, 3.63) is 0 Å². The number of alkyl carbamates (subject to hydrolysis) is 1. The lowest BCUT2D eigenvalue weighted by atomic mass is 9.63. The van der Waals surface area contributed by atoms with E-state index < -0.39 is 5.60 Å². The molecule has 3 saturated carbocycles. The van der Waals surface area contributed by atoms with Crippen LogP contribution in [-0.4, -0.2) is 28.9 Å². The summed E-state index contributed by atoms with van der Waals surface area (Å²) in [6.45, 7) is 2.57. The summed E-state index contributed by atoms with van der Waals surface area (Å²) in [4.78, 5) is 11.7. The highest BCUT2D eigenvalue weighted by Gasteiger charge is 2.48. The second-order valence-corrected chi connectivity index (χ2v) is 5.62. The smallest absolute Gasteiger partial charge is 0.407 e. The summed E-state index contributed by atoms with van der Waals surface area (Å²) in [5.41, 5.74) is -0.552. The Bertz CT molecular complexity index is 266. The van der Waals surface area contributed by atoms with Crippen LogP contribution in [0.15, 0.2) is 0 Å². The summed E-state index contributed by atoms with van der Waals surface area (Å²) in [7, 11) is 0. The number of hydrogen-bond acceptors (Lipinski definition) is 3. The van der Waals surface area contributed by atoms with Crippen LogP contribution in [0.1, 0.15) is 58.3 Å². The van der Waals surface area contributed by atoms with E-state index in [0.717, 1.165) is 51.4 Å². The molecule has 3 aliphatic rings. The molecule has 2 bridgehead atoms. The van der Waals surface area contributed by atoms with Gasteiger partial charge < -0.3 is 15.2 Å². The summed E-state index contributed by atoms with van der Waals surface area (Å²) < 4.78 is 5.14. The average molecular weight is 241 g/mol. The summed E-state index contributed by atoms with van der Waals surface area (Å²) in [6.07, 6.45) is 6.73. The number of rotatable bonds is 4. The maximum Gasteiger partial charge on any atom is 0.407 e. The molecule has 3 fully saturated rings. The van der Waals surface area contributed by atoms with E-state index in [4.69, 9.17) is 4.74 Å². The van der Waals surface area contributed by atoms with Gasteiger partial charge in [-0.3, -0.25) is 0 Å². The molecule has 17 heavy (non-hydrogen) atoms. The Morgan fingerprint density at radius 3 is 2.35 bits per heavy atom. The molecule has 4 nitrogen and oxygen atoms in total. The molecule has 0 aliphatic heterocycles. The Labute approximate surface area is 103 Å². The van der Waals surface area contributed by atoms with Gasteiger partial charge in [-0.1, -0.05) is 13.3 Å². The largest absolute Gasteiger partial charge is 0.450 e. The monoisotopic (exact) mass is 241 g/mol. The third-order valence-corrected chi connectivity index (χ3v) is 4.31. The number of amides is 1. The van der Waals surface area contributed by atoms with E-state index in [1.807, 2.05) is 0 Å². The highest BCUT2D eigenvalue weighted by molar-refractivity contribution is 5.68. The molecule has 4 heteroatoms. The highest BCUT2D eigenvalue weighted by atomic mass is 16.5. The predicted octanol–water partition coefficient (Wildman–Crippen LogP) is 2.35.